The molecule has 2 N–H and O–H groups in total. The molecule has 0 radical (unpaired) electrons. The van der Waals surface area contributed by atoms with Crippen LogP contribution in [0.4, 0.5) is 4.39 Å². The first-order valence-electron chi connectivity index (χ1n) is 5.63. The molecular formula is C14H11ClFNO2S. The van der Waals surface area contributed by atoms with Gasteiger partial charge in [-0.25, -0.2) is 12.8 Å². The zero-order valence-corrected chi connectivity index (χ0v) is 11.8. The van der Waals surface area contributed by atoms with Gasteiger partial charge in [-0.3, -0.25) is 0 Å². The summed E-state index contributed by atoms with van der Waals surface area (Å²) in [6, 6.07) is 11.5. The van der Waals surface area contributed by atoms with E-state index in [1.54, 1.807) is 24.3 Å². The highest BCUT2D eigenvalue weighted by Gasteiger charge is 2.17. The summed E-state index contributed by atoms with van der Waals surface area (Å²) in [5.41, 5.74) is 6.25. The Labute approximate surface area is 121 Å². The fraction of sp³-hybridized carbons (Fsp3) is 0. The molecule has 0 heterocycles. The minimum absolute atomic E-state index is 0.0184. The molecule has 0 saturated heterocycles. The molecule has 104 valence electrons. The zero-order valence-electron chi connectivity index (χ0n) is 10.3. The van der Waals surface area contributed by atoms with Crippen molar-refractivity contribution < 1.29 is 12.8 Å². The van der Waals surface area contributed by atoms with Gasteiger partial charge in [-0.2, -0.15) is 0 Å². The summed E-state index contributed by atoms with van der Waals surface area (Å²) in [6.45, 7) is 0. The summed E-state index contributed by atoms with van der Waals surface area (Å²) in [7, 11) is -3.94. The third-order valence-corrected chi connectivity index (χ3v) is 4.36. The lowest BCUT2D eigenvalue weighted by Gasteiger charge is -2.04. The van der Waals surface area contributed by atoms with E-state index in [1.165, 1.54) is 18.2 Å². The smallest absolute Gasteiger partial charge is 0.204 e. The molecule has 0 atom stereocenters. The molecule has 3 nitrogen and oxygen atoms in total. The molecule has 6 heteroatoms. The Morgan fingerprint density at radius 3 is 2.30 bits per heavy atom. The summed E-state index contributed by atoms with van der Waals surface area (Å²) < 4.78 is 37.7. The maximum absolute atomic E-state index is 13.5. The van der Waals surface area contributed by atoms with Crippen LogP contribution < -0.4 is 5.73 Å². The molecule has 0 aliphatic carbocycles. The molecule has 0 aliphatic rings. The van der Waals surface area contributed by atoms with Crippen LogP contribution in [0.2, 0.25) is 5.02 Å². The van der Waals surface area contributed by atoms with E-state index in [2.05, 4.69) is 0 Å². The molecule has 2 aromatic carbocycles. The molecule has 2 rings (SSSR count). The van der Waals surface area contributed by atoms with Crippen molar-refractivity contribution in [2.75, 3.05) is 0 Å². The maximum Gasteiger partial charge on any atom is 0.204 e. The first-order valence-corrected chi connectivity index (χ1v) is 7.55. The van der Waals surface area contributed by atoms with Crippen molar-refractivity contribution in [3.05, 3.63) is 70.3 Å². The molecular weight excluding hydrogens is 301 g/mol. The van der Waals surface area contributed by atoms with Crippen molar-refractivity contribution in [3.63, 3.8) is 0 Å². The summed E-state index contributed by atoms with van der Waals surface area (Å²) in [5.74, 6) is -0.812. The zero-order chi connectivity index (χ0) is 14.8. The lowest BCUT2D eigenvalue weighted by Crippen LogP contribution is -2.05. The molecule has 0 unspecified atom stereocenters. The van der Waals surface area contributed by atoms with Gasteiger partial charge in [0.05, 0.1) is 11.1 Å². The Balaban J connectivity index is 2.43. The molecule has 0 aromatic heterocycles. The molecule has 20 heavy (non-hydrogen) atoms. The van der Waals surface area contributed by atoms with Crippen molar-refractivity contribution in [1.82, 2.24) is 0 Å². The minimum atomic E-state index is -3.94. The standard InChI is InChI=1S/C14H11ClFNO2S/c15-11-7-5-10(6-8-11)13(17)9-20(18,19)14-4-2-1-3-12(14)16/h1-9H,17H2/b13-9-. The van der Waals surface area contributed by atoms with Crippen LogP contribution in [0.3, 0.4) is 0 Å². The predicted octanol–water partition coefficient (Wildman–Crippen LogP) is 3.21. The average molecular weight is 312 g/mol. The van der Waals surface area contributed by atoms with E-state index >= 15 is 0 Å². The molecule has 0 fully saturated rings. The second-order valence-electron chi connectivity index (χ2n) is 4.06. The lowest BCUT2D eigenvalue weighted by molar-refractivity contribution is 0.572. The van der Waals surface area contributed by atoms with Gasteiger partial charge in [0.15, 0.2) is 0 Å². The van der Waals surface area contributed by atoms with Crippen LogP contribution in [0.5, 0.6) is 0 Å². The van der Waals surface area contributed by atoms with E-state index in [9.17, 15) is 12.8 Å². The number of rotatable bonds is 3. The van der Waals surface area contributed by atoms with Gasteiger partial charge in [-0.05, 0) is 29.8 Å². The number of hydrogen-bond acceptors (Lipinski definition) is 3. The van der Waals surface area contributed by atoms with E-state index in [0.717, 1.165) is 11.5 Å². The second kappa shape index (κ2) is 5.64. The van der Waals surface area contributed by atoms with Crippen LogP contribution in [0.1, 0.15) is 5.56 Å². The Morgan fingerprint density at radius 1 is 1.10 bits per heavy atom. The summed E-state index contributed by atoms with van der Waals surface area (Å²) in [5, 5.41) is 1.35. The average Bonchev–Trinajstić information content (AvgIpc) is 2.39. The van der Waals surface area contributed by atoms with Crippen LogP contribution in [-0.4, -0.2) is 8.42 Å². The topological polar surface area (TPSA) is 60.2 Å². The van der Waals surface area contributed by atoms with Gasteiger partial charge in [0, 0.05) is 5.02 Å². The highest BCUT2D eigenvalue weighted by Crippen LogP contribution is 2.20. The van der Waals surface area contributed by atoms with Crippen LogP contribution in [0, 0.1) is 5.82 Å². The van der Waals surface area contributed by atoms with Crippen molar-refractivity contribution in [2.45, 2.75) is 4.90 Å². The lowest BCUT2D eigenvalue weighted by atomic mass is 10.2. The fourth-order valence-electron chi connectivity index (χ4n) is 1.62. The summed E-state index contributed by atoms with van der Waals surface area (Å²) >= 11 is 5.74. The van der Waals surface area contributed by atoms with Crippen molar-refractivity contribution in [2.24, 2.45) is 5.73 Å². The van der Waals surface area contributed by atoms with Crippen LogP contribution in [0.25, 0.3) is 5.70 Å². The van der Waals surface area contributed by atoms with Gasteiger partial charge in [-0.15, -0.1) is 0 Å². The molecule has 0 bridgehead atoms. The van der Waals surface area contributed by atoms with E-state index in [-0.39, 0.29) is 5.70 Å². The van der Waals surface area contributed by atoms with Crippen molar-refractivity contribution in [1.29, 1.82) is 0 Å². The molecule has 0 amide bonds. The van der Waals surface area contributed by atoms with E-state index < -0.39 is 20.5 Å². The third-order valence-electron chi connectivity index (χ3n) is 2.60. The monoisotopic (exact) mass is 311 g/mol. The molecule has 0 aliphatic heterocycles. The van der Waals surface area contributed by atoms with Gasteiger partial charge in [0.2, 0.25) is 9.84 Å². The first kappa shape index (κ1) is 14.6. The largest absolute Gasteiger partial charge is 0.398 e. The van der Waals surface area contributed by atoms with Gasteiger partial charge in [0.1, 0.15) is 10.7 Å². The van der Waals surface area contributed by atoms with Crippen LogP contribution in [0.15, 0.2) is 58.8 Å². The summed E-state index contributed by atoms with van der Waals surface area (Å²) in [6.07, 6.45) is 0. The maximum atomic E-state index is 13.5. The first-order chi connectivity index (χ1) is 9.40. The number of benzene rings is 2. The molecule has 0 spiro atoms. The van der Waals surface area contributed by atoms with Gasteiger partial charge in [0.25, 0.3) is 0 Å². The van der Waals surface area contributed by atoms with E-state index in [1.807, 2.05) is 0 Å². The molecule has 0 saturated carbocycles. The normalized spacial score (nSPS) is 12.4. The predicted molar refractivity (Wildman–Crippen MR) is 77.2 cm³/mol. The van der Waals surface area contributed by atoms with Gasteiger partial charge >= 0.3 is 0 Å². The number of halogens is 2. The van der Waals surface area contributed by atoms with Gasteiger partial charge < -0.3 is 5.73 Å². The Kier molecular flexibility index (Phi) is 4.11. The SMILES string of the molecule is N/C(=C\S(=O)(=O)c1ccccc1F)c1ccc(Cl)cc1. The van der Waals surface area contributed by atoms with Crippen molar-refractivity contribution >= 4 is 27.1 Å². The third kappa shape index (κ3) is 3.18. The van der Waals surface area contributed by atoms with Crippen LogP contribution >= 0.6 is 11.6 Å². The number of sulfone groups is 1. The molecule has 2 aromatic rings. The van der Waals surface area contributed by atoms with E-state index in [0.29, 0.717) is 10.6 Å². The second-order valence-corrected chi connectivity index (χ2v) is 6.26. The quantitative estimate of drug-likeness (QED) is 0.947. The minimum Gasteiger partial charge on any atom is -0.398 e. The Morgan fingerprint density at radius 2 is 1.70 bits per heavy atom. The van der Waals surface area contributed by atoms with Crippen molar-refractivity contribution in [3.8, 4) is 0 Å². The number of hydrogen-bond donors (Lipinski definition) is 1. The summed E-state index contributed by atoms with van der Waals surface area (Å²) in [4.78, 5) is -0.406. The number of nitrogens with two attached hydrogens (primary N) is 1. The fourth-order valence-corrected chi connectivity index (χ4v) is 2.95. The Bertz CT molecular complexity index is 755. The van der Waals surface area contributed by atoms with E-state index in [4.69, 9.17) is 17.3 Å². The van der Waals surface area contributed by atoms with Crippen LogP contribution in [-0.2, 0) is 9.84 Å². The van der Waals surface area contributed by atoms with Gasteiger partial charge in [-0.1, -0.05) is 35.9 Å². The highest BCUT2D eigenvalue weighted by molar-refractivity contribution is 7.94. The Hall–Kier alpha value is -1.85. The highest BCUT2D eigenvalue weighted by atomic mass is 35.5.